The van der Waals surface area contributed by atoms with E-state index in [1.807, 2.05) is 17.9 Å². The van der Waals surface area contributed by atoms with Crippen molar-refractivity contribution in [2.75, 3.05) is 26.8 Å². The molecule has 0 unspecified atom stereocenters. The summed E-state index contributed by atoms with van der Waals surface area (Å²) in [5, 5.41) is 4.37. The SMILES string of the molecule is CC(C)N(C)[C@@H]1CCN(C2CCOCC2)[C@H]1Cc1cnn(C)c1. The molecule has 2 fully saturated rings. The van der Waals surface area contributed by atoms with Gasteiger partial charge in [-0.05, 0) is 52.1 Å². The summed E-state index contributed by atoms with van der Waals surface area (Å²) in [5.41, 5.74) is 1.36. The summed E-state index contributed by atoms with van der Waals surface area (Å²) in [6.45, 7) is 7.67. The predicted octanol–water partition coefficient (Wildman–Crippen LogP) is 1.92. The molecule has 0 N–H and O–H groups in total. The zero-order valence-corrected chi connectivity index (χ0v) is 15.1. The van der Waals surface area contributed by atoms with Gasteiger partial charge in [0.15, 0.2) is 0 Å². The van der Waals surface area contributed by atoms with Gasteiger partial charge in [0.2, 0.25) is 0 Å². The molecule has 2 aliphatic heterocycles. The van der Waals surface area contributed by atoms with Gasteiger partial charge in [0.25, 0.3) is 0 Å². The Morgan fingerprint density at radius 2 is 2.04 bits per heavy atom. The van der Waals surface area contributed by atoms with E-state index in [4.69, 9.17) is 4.74 Å². The molecule has 0 aromatic carbocycles. The van der Waals surface area contributed by atoms with E-state index in [-0.39, 0.29) is 0 Å². The van der Waals surface area contributed by atoms with Crippen LogP contribution in [-0.2, 0) is 18.2 Å². The molecule has 0 aliphatic carbocycles. The first-order chi connectivity index (χ1) is 11.1. The van der Waals surface area contributed by atoms with Crippen LogP contribution in [0.1, 0.15) is 38.7 Å². The smallest absolute Gasteiger partial charge is 0.0522 e. The number of hydrogen-bond acceptors (Lipinski definition) is 4. The molecule has 2 saturated heterocycles. The second-order valence-electron chi connectivity index (χ2n) is 7.49. The van der Waals surface area contributed by atoms with E-state index in [2.05, 4.69) is 42.0 Å². The lowest BCUT2D eigenvalue weighted by atomic mass is 9.98. The Labute approximate surface area is 140 Å². The molecule has 5 heteroatoms. The third kappa shape index (κ3) is 3.78. The zero-order chi connectivity index (χ0) is 16.4. The summed E-state index contributed by atoms with van der Waals surface area (Å²) in [6, 6.07) is 2.51. The fraction of sp³-hybridized carbons (Fsp3) is 0.833. The summed E-state index contributed by atoms with van der Waals surface area (Å²) < 4.78 is 7.50. The molecule has 0 bridgehead atoms. The molecule has 0 spiro atoms. The van der Waals surface area contributed by atoms with E-state index in [1.54, 1.807) is 0 Å². The summed E-state index contributed by atoms with van der Waals surface area (Å²) >= 11 is 0. The van der Waals surface area contributed by atoms with E-state index in [1.165, 1.54) is 31.4 Å². The highest BCUT2D eigenvalue weighted by atomic mass is 16.5. The fourth-order valence-corrected chi connectivity index (χ4v) is 4.26. The normalized spacial score (nSPS) is 27.4. The van der Waals surface area contributed by atoms with Crippen molar-refractivity contribution in [3.05, 3.63) is 18.0 Å². The van der Waals surface area contributed by atoms with Gasteiger partial charge >= 0.3 is 0 Å². The Hall–Kier alpha value is -0.910. The number of ether oxygens (including phenoxy) is 1. The van der Waals surface area contributed by atoms with Gasteiger partial charge in [-0.1, -0.05) is 0 Å². The average Bonchev–Trinajstić information content (AvgIpc) is 3.14. The van der Waals surface area contributed by atoms with Crippen LogP contribution in [0.5, 0.6) is 0 Å². The first-order valence-electron chi connectivity index (χ1n) is 9.09. The van der Waals surface area contributed by atoms with Crippen LogP contribution in [0, 0.1) is 0 Å². The second-order valence-corrected chi connectivity index (χ2v) is 7.49. The van der Waals surface area contributed by atoms with Gasteiger partial charge in [0.05, 0.1) is 6.20 Å². The first-order valence-corrected chi connectivity index (χ1v) is 9.09. The van der Waals surface area contributed by atoms with Crippen LogP contribution in [0.3, 0.4) is 0 Å². The second kappa shape index (κ2) is 7.32. The molecular formula is C18H32N4O. The van der Waals surface area contributed by atoms with Crippen molar-refractivity contribution in [2.45, 2.75) is 63.7 Å². The van der Waals surface area contributed by atoms with Crippen LogP contribution >= 0.6 is 0 Å². The third-order valence-electron chi connectivity index (χ3n) is 5.75. The van der Waals surface area contributed by atoms with Crippen molar-refractivity contribution >= 4 is 0 Å². The maximum Gasteiger partial charge on any atom is 0.0522 e. The maximum atomic E-state index is 5.58. The van der Waals surface area contributed by atoms with Gasteiger partial charge in [-0.2, -0.15) is 5.10 Å². The highest BCUT2D eigenvalue weighted by Gasteiger charge is 2.40. The molecule has 1 aromatic heterocycles. The molecule has 3 rings (SSSR count). The molecule has 2 aliphatic rings. The van der Waals surface area contributed by atoms with Crippen molar-refractivity contribution in [3.63, 3.8) is 0 Å². The predicted molar refractivity (Wildman–Crippen MR) is 92.6 cm³/mol. The van der Waals surface area contributed by atoms with Crippen molar-refractivity contribution in [3.8, 4) is 0 Å². The summed E-state index contributed by atoms with van der Waals surface area (Å²) in [7, 11) is 4.30. The third-order valence-corrected chi connectivity index (χ3v) is 5.75. The zero-order valence-electron chi connectivity index (χ0n) is 15.1. The molecule has 23 heavy (non-hydrogen) atoms. The van der Waals surface area contributed by atoms with E-state index in [9.17, 15) is 0 Å². The van der Waals surface area contributed by atoms with Crippen molar-refractivity contribution in [2.24, 2.45) is 7.05 Å². The molecule has 0 radical (unpaired) electrons. The van der Waals surface area contributed by atoms with E-state index < -0.39 is 0 Å². The van der Waals surface area contributed by atoms with Crippen LogP contribution in [0.25, 0.3) is 0 Å². The Kier molecular flexibility index (Phi) is 5.39. The van der Waals surface area contributed by atoms with E-state index >= 15 is 0 Å². The van der Waals surface area contributed by atoms with Crippen LogP contribution in [0.2, 0.25) is 0 Å². The number of likely N-dealkylation sites (N-methyl/N-ethyl adjacent to an activating group) is 1. The largest absolute Gasteiger partial charge is 0.381 e. The molecular weight excluding hydrogens is 288 g/mol. The molecule has 0 saturated carbocycles. The Bertz CT molecular complexity index is 495. The van der Waals surface area contributed by atoms with E-state index in [0.717, 1.165) is 19.6 Å². The fourth-order valence-electron chi connectivity index (χ4n) is 4.26. The molecule has 2 atom stereocenters. The monoisotopic (exact) mass is 320 g/mol. The lowest BCUT2D eigenvalue weighted by molar-refractivity contribution is 0.0209. The number of aryl methyl sites for hydroxylation is 1. The maximum absolute atomic E-state index is 5.58. The minimum absolute atomic E-state index is 0.589. The molecule has 130 valence electrons. The Balaban J connectivity index is 1.77. The average molecular weight is 320 g/mol. The summed E-state index contributed by atoms with van der Waals surface area (Å²) in [5.74, 6) is 0. The van der Waals surface area contributed by atoms with Crippen LogP contribution in [-0.4, -0.2) is 70.6 Å². The molecule has 0 amide bonds. The van der Waals surface area contributed by atoms with Gasteiger partial charge in [-0.25, -0.2) is 0 Å². The number of nitrogens with zero attached hydrogens (tertiary/aromatic N) is 4. The van der Waals surface area contributed by atoms with Crippen LogP contribution in [0.15, 0.2) is 12.4 Å². The topological polar surface area (TPSA) is 33.5 Å². The van der Waals surface area contributed by atoms with Crippen LogP contribution in [0.4, 0.5) is 0 Å². The number of likely N-dealkylation sites (tertiary alicyclic amines) is 1. The minimum Gasteiger partial charge on any atom is -0.381 e. The highest BCUT2D eigenvalue weighted by molar-refractivity contribution is 5.10. The standard InChI is InChI=1S/C18H32N4O/c1-14(2)21(4)17-5-8-22(16-6-9-23-10-7-16)18(17)11-15-12-19-20(3)13-15/h12-14,16-18H,5-11H2,1-4H3/t17-,18+/m1/s1. The van der Waals surface area contributed by atoms with Gasteiger partial charge in [0.1, 0.15) is 0 Å². The first kappa shape index (κ1) is 16.9. The van der Waals surface area contributed by atoms with Crippen LogP contribution < -0.4 is 0 Å². The number of hydrogen-bond donors (Lipinski definition) is 0. The minimum atomic E-state index is 0.589. The van der Waals surface area contributed by atoms with Crippen molar-refractivity contribution in [1.29, 1.82) is 0 Å². The molecule has 3 heterocycles. The van der Waals surface area contributed by atoms with Gasteiger partial charge in [-0.3, -0.25) is 14.5 Å². The van der Waals surface area contributed by atoms with E-state index in [0.29, 0.717) is 24.2 Å². The summed E-state index contributed by atoms with van der Waals surface area (Å²) in [4.78, 5) is 5.35. The van der Waals surface area contributed by atoms with Crippen molar-refractivity contribution < 1.29 is 4.74 Å². The van der Waals surface area contributed by atoms with Gasteiger partial charge in [0, 0.05) is 57.2 Å². The molecule has 5 nitrogen and oxygen atoms in total. The number of aromatic nitrogens is 2. The highest BCUT2D eigenvalue weighted by Crippen LogP contribution is 2.31. The quantitative estimate of drug-likeness (QED) is 0.830. The van der Waals surface area contributed by atoms with Crippen molar-refractivity contribution in [1.82, 2.24) is 19.6 Å². The molecule has 1 aromatic rings. The lowest BCUT2D eigenvalue weighted by Crippen LogP contribution is -2.50. The lowest BCUT2D eigenvalue weighted by Gasteiger charge is -2.39. The number of rotatable bonds is 5. The van der Waals surface area contributed by atoms with Gasteiger partial charge < -0.3 is 4.74 Å². The summed E-state index contributed by atoms with van der Waals surface area (Å²) in [6.07, 6.45) is 8.95. The Morgan fingerprint density at radius 1 is 1.30 bits per heavy atom. The Morgan fingerprint density at radius 3 is 2.65 bits per heavy atom. The van der Waals surface area contributed by atoms with Gasteiger partial charge in [-0.15, -0.1) is 0 Å².